The van der Waals surface area contributed by atoms with Gasteiger partial charge >= 0.3 is 5.97 Å². The lowest BCUT2D eigenvalue weighted by atomic mass is 10.2. The molecule has 0 amide bonds. The summed E-state index contributed by atoms with van der Waals surface area (Å²) in [5, 5.41) is -0.828. The van der Waals surface area contributed by atoms with E-state index >= 15 is 0 Å². The minimum atomic E-state index is -3.84. The first-order valence-electron chi connectivity index (χ1n) is 6.11. The van der Waals surface area contributed by atoms with Crippen molar-refractivity contribution in [1.29, 1.82) is 0 Å². The molecule has 0 aliphatic heterocycles. The Morgan fingerprint density at radius 1 is 1.30 bits per heavy atom. The van der Waals surface area contributed by atoms with E-state index in [-0.39, 0.29) is 21.4 Å². The summed E-state index contributed by atoms with van der Waals surface area (Å²) in [7, 11) is -2.67. The molecule has 0 fully saturated rings. The fourth-order valence-electron chi connectivity index (χ4n) is 1.74. The highest BCUT2D eigenvalue weighted by atomic mass is 35.5. The van der Waals surface area contributed by atoms with Gasteiger partial charge in [-0.3, -0.25) is 4.79 Å². The molecule has 20 heavy (non-hydrogen) atoms. The van der Waals surface area contributed by atoms with Gasteiger partial charge in [0.15, 0.2) is 15.1 Å². The monoisotopic (exact) mass is 338 g/mol. The Morgan fingerprint density at radius 3 is 2.45 bits per heavy atom. The van der Waals surface area contributed by atoms with Gasteiger partial charge in [-0.25, -0.2) is 8.42 Å². The Morgan fingerprint density at radius 2 is 1.95 bits per heavy atom. The van der Waals surface area contributed by atoms with E-state index in [0.29, 0.717) is 6.42 Å². The number of ether oxygens (including phenoxy) is 1. The number of methoxy groups -OCH3 is 1. The van der Waals surface area contributed by atoms with Crippen LogP contribution in [0.5, 0.6) is 0 Å². The van der Waals surface area contributed by atoms with Gasteiger partial charge in [-0.2, -0.15) is 0 Å². The molecule has 0 aliphatic carbocycles. The van der Waals surface area contributed by atoms with Gasteiger partial charge in [0.1, 0.15) is 0 Å². The van der Waals surface area contributed by atoms with Crippen LogP contribution in [0.3, 0.4) is 0 Å². The summed E-state index contributed by atoms with van der Waals surface area (Å²) in [6.07, 6.45) is 1.61. The van der Waals surface area contributed by atoms with Crippen LogP contribution in [0.2, 0.25) is 10.0 Å². The molecule has 0 saturated carbocycles. The first-order valence-corrected chi connectivity index (χ1v) is 8.41. The van der Waals surface area contributed by atoms with Crippen molar-refractivity contribution in [2.75, 3.05) is 7.11 Å². The Balaban J connectivity index is 3.21. The number of hydrogen-bond donors (Lipinski definition) is 0. The maximum atomic E-state index is 12.5. The lowest BCUT2D eigenvalue weighted by molar-refractivity contribution is -0.140. The van der Waals surface area contributed by atoms with E-state index < -0.39 is 21.1 Å². The molecule has 0 spiro atoms. The summed E-state index contributed by atoms with van der Waals surface area (Å²) >= 11 is 11.6. The minimum Gasteiger partial charge on any atom is -0.468 e. The minimum absolute atomic E-state index is 0.0293. The number of hydrogen-bond acceptors (Lipinski definition) is 4. The summed E-state index contributed by atoms with van der Waals surface area (Å²) in [4.78, 5) is 11.7. The van der Waals surface area contributed by atoms with Crippen molar-refractivity contribution >= 4 is 39.0 Å². The predicted molar refractivity (Wildman–Crippen MR) is 79.0 cm³/mol. The zero-order valence-corrected chi connectivity index (χ0v) is 13.6. The molecule has 112 valence electrons. The van der Waals surface area contributed by atoms with Crippen LogP contribution < -0.4 is 0 Å². The van der Waals surface area contributed by atoms with Crippen molar-refractivity contribution < 1.29 is 17.9 Å². The number of sulfone groups is 1. The van der Waals surface area contributed by atoms with Crippen LogP contribution in [-0.2, 0) is 19.4 Å². The summed E-state index contributed by atoms with van der Waals surface area (Å²) < 4.78 is 29.6. The number of rotatable bonds is 6. The van der Waals surface area contributed by atoms with E-state index in [1.165, 1.54) is 25.3 Å². The van der Waals surface area contributed by atoms with E-state index in [9.17, 15) is 13.2 Å². The van der Waals surface area contributed by atoms with Gasteiger partial charge in [-0.05, 0) is 24.6 Å². The van der Waals surface area contributed by atoms with Crippen LogP contribution in [0.1, 0.15) is 26.2 Å². The molecule has 0 aromatic heterocycles. The van der Waals surface area contributed by atoms with Crippen LogP contribution in [0, 0.1) is 0 Å². The lowest BCUT2D eigenvalue weighted by Crippen LogP contribution is -2.31. The normalized spacial score (nSPS) is 13.0. The van der Waals surface area contributed by atoms with Crippen LogP contribution in [-0.4, -0.2) is 26.7 Å². The maximum absolute atomic E-state index is 12.5. The fraction of sp³-hybridized carbons (Fsp3) is 0.462. The van der Waals surface area contributed by atoms with Gasteiger partial charge in [0.25, 0.3) is 0 Å². The summed E-state index contributed by atoms with van der Waals surface area (Å²) in [6.45, 7) is 1.92. The van der Waals surface area contributed by atoms with Gasteiger partial charge in [0.2, 0.25) is 0 Å². The quantitative estimate of drug-likeness (QED) is 0.744. The third-order valence-corrected chi connectivity index (χ3v) is 5.71. The molecule has 0 bridgehead atoms. The lowest BCUT2D eigenvalue weighted by Gasteiger charge is -2.15. The first-order chi connectivity index (χ1) is 9.34. The van der Waals surface area contributed by atoms with Crippen LogP contribution in [0.4, 0.5) is 0 Å². The number of halogens is 2. The zero-order chi connectivity index (χ0) is 15.3. The van der Waals surface area contributed by atoms with E-state index in [1.807, 2.05) is 6.92 Å². The van der Waals surface area contributed by atoms with Crippen molar-refractivity contribution in [2.24, 2.45) is 0 Å². The third kappa shape index (κ3) is 3.87. The van der Waals surface area contributed by atoms with Crippen molar-refractivity contribution in [2.45, 2.75) is 36.3 Å². The number of benzene rings is 1. The smallest absolute Gasteiger partial charge is 0.324 e. The number of carbonyl (C=O) groups excluding carboxylic acids is 1. The second-order valence-electron chi connectivity index (χ2n) is 4.27. The molecule has 0 radical (unpaired) electrons. The Labute approximate surface area is 128 Å². The highest BCUT2D eigenvalue weighted by Gasteiger charge is 2.34. The van der Waals surface area contributed by atoms with Gasteiger partial charge in [0.05, 0.1) is 22.1 Å². The topological polar surface area (TPSA) is 60.4 Å². The average molecular weight is 339 g/mol. The summed E-state index contributed by atoms with van der Waals surface area (Å²) in [6, 6.07) is 3.98. The molecule has 0 N–H and O–H groups in total. The average Bonchev–Trinajstić information content (AvgIpc) is 2.41. The van der Waals surface area contributed by atoms with Gasteiger partial charge in [-0.15, -0.1) is 0 Å². The Hall–Kier alpha value is -0.780. The van der Waals surface area contributed by atoms with Crippen LogP contribution in [0.15, 0.2) is 23.1 Å². The van der Waals surface area contributed by atoms with E-state index in [0.717, 1.165) is 6.42 Å². The molecule has 0 saturated heterocycles. The number of carbonyl (C=O) groups is 1. The molecular formula is C13H16Cl2O4S. The molecule has 1 unspecified atom stereocenters. The number of esters is 1. The van der Waals surface area contributed by atoms with Crippen molar-refractivity contribution in [3.05, 3.63) is 28.2 Å². The van der Waals surface area contributed by atoms with Crippen LogP contribution >= 0.6 is 23.2 Å². The maximum Gasteiger partial charge on any atom is 0.324 e. The van der Waals surface area contributed by atoms with Gasteiger partial charge in [0, 0.05) is 0 Å². The molecule has 4 nitrogen and oxygen atoms in total. The van der Waals surface area contributed by atoms with Crippen LogP contribution in [0.25, 0.3) is 0 Å². The molecule has 7 heteroatoms. The highest BCUT2D eigenvalue weighted by molar-refractivity contribution is 7.92. The molecular weight excluding hydrogens is 323 g/mol. The standard InChI is InChI=1S/C13H16Cl2O4S/c1-3-4-5-12(13(16)19-2)20(17,18)9-6-7-10(14)11(15)8-9/h6-8,12H,3-5H2,1-2H3. The van der Waals surface area contributed by atoms with Gasteiger partial charge < -0.3 is 4.74 Å². The molecule has 1 aromatic rings. The van der Waals surface area contributed by atoms with Crippen molar-refractivity contribution in [3.8, 4) is 0 Å². The fourth-order valence-corrected chi connectivity index (χ4v) is 3.80. The predicted octanol–water partition coefficient (Wildman–Crippen LogP) is 3.50. The van der Waals surface area contributed by atoms with Crippen molar-refractivity contribution in [1.82, 2.24) is 0 Å². The highest BCUT2D eigenvalue weighted by Crippen LogP contribution is 2.28. The SMILES string of the molecule is CCCCC(C(=O)OC)S(=O)(=O)c1ccc(Cl)c(Cl)c1. The van der Waals surface area contributed by atoms with E-state index in [2.05, 4.69) is 4.74 Å². The molecule has 0 heterocycles. The summed E-state index contributed by atoms with van der Waals surface area (Å²) in [5.41, 5.74) is 0. The second-order valence-corrected chi connectivity index (χ2v) is 7.22. The Bertz CT molecular complexity index is 584. The molecule has 1 aromatic carbocycles. The van der Waals surface area contributed by atoms with Gasteiger partial charge in [-0.1, -0.05) is 43.0 Å². The zero-order valence-electron chi connectivity index (χ0n) is 11.2. The second kappa shape index (κ2) is 7.29. The largest absolute Gasteiger partial charge is 0.468 e. The first kappa shape index (κ1) is 17.3. The van der Waals surface area contributed by atoms with Crippen molar-refractivity contribution in [3.63, 3.8) is 0 Å². The van der Waals surface area contributed by atoms with E-state index in [4.69, 9.17) is 23.2 Å². The number of unbranched alkanes of at least 4 members (excludes halogenated alkanes) is 1. The molecule has 0 aliphatic rings. The third-order valence-electron chi connectivity index (χ3n) is 2.88. The Kier molecular flexibility index (Phi) is 6.30. The molecule has 1 rings (SSSR count). The molecule has 1 atom stereocenters. The summed E-state index contributed by atoms with van der Waals surface area (Å²) in [5.74, 6) is -0.760. The van der Waals surface area contributed by atoms with E-state index in [1.54, 1.807) is 0 Å².